The van der Waals surface area contributed by atoms with E-state index >= 15 is 0 Å². The van der Waals surface area contributed by atoms with Crippen LogP contribution in [0, 0.1) is 5.92 Å². The topological polar surface area (TPSA) is 67.6 Å². The van der Waals surface area contributed by atoms with Crippen LogP contribution < -0.4 is 0 Å². The third-order valence-electron chi connectivity index (χ3n) is 4.57. The highest BCUT2D eigenvalue weighted by molar-refractivity contribution is 5.79. The van der Waals surface area contributed by atoms with E-state index in [1.807, 2.05) is 24.3 Å². The molecule has 1 N–H and O–H groups in total. The molecule has 0 radical (unpaired) electrons. The zero-order valence-corrected chi connectivity index (χ0v) is 12.4. The zero-order valence-electron chi connectivity index (χ0n) is 12.4. The standard InChI is InChI=1S/C15H23N3O3/c1-17-10-11(9-16-17)8-13-14(19)2-5-18(13)15(20)12-3-6-21-7-4-12/h9-10,12-14,19H,2-8H2,1H3/t13-,14+/m1/s1. The number of ether oxygens (including phenoxy) is 1. The Morgan fingerprint density at radius 2 is 2.19 bits per heavy atom. The lowest BCUT2D eigenvalue weighted by Crippen LogP contribution is -2.45. The van der Waals surface area contributed by atoms with E-state index in [1.54, 1.807) is 4.68 Å². The Morgan fingerprint density at radius 1 is 1.43 bits per heavy atom. The fourth-order valence-electron chi connectivity index (χ4n) is 3.35. The van der Waals surface area contributed by atoms with Gasteiger partial charge in [0.05, 0.1) is 18.3 Å². The molecule has 3 rings (SSSR count). The van der Waals surface area contributed by atoms with Crippen molar-refractivity contribution in [3.63, 3.8) is 0 Å². The number of aliphatic hydroxyl groups is 1. The maximum Gasteiger partial charge on any atom is 0.226 e. The van der Waals surface area contributed by atoms with Gasteiger partial charge in [0.1, 0.15) is 0 Å². The van der Waals surface area contributed by atoms with Crippen LogP contribution in [0.5, 0.6) is 0 Å². The molecule has 6 nitrogen and oxygen atoms in total. The lowest BCUT2D eigenvalue weighted by molar-refractivity contribution is -0.140. The van der Waals surface area contributed by atoms with Gasteiger partial charge in [-0.15, -0.1) is 0 Å². The molecule has 2 aliphatic heterocycles. The molecule has 0 saturated carbocycles. The van der Waals surface area contributed by atoms with E-state index in [0.717, 1.165) is 18.4 Å². The molecule has 1 aromatic rings. The highest BCUT2D eigenvalue weighted by Crippen LogP contribution is 2.26. The third kappa shape index (κ3) is 3.11. The Labute approximate surface area is 124 Å². The van der Waals surface area contributed by atoms with Gasteiger partial charge in [0, 0.05) is 38.9 Å². The normalized spacial score (nSPS) is 27.2. The SMILES string of the molecule is Cn1cc(C[C@@H]2[C@@H](O)CCN2C(=O)C2CCOCC2)cn1. The highest BCUT2D eigenvalue weighted by atomic mass is 16.5. The Kier molecular flexibility index (Phi) is 4.26. The summed E-state index contributed by atoms with van der Waals surface area (Å²) in [6.45, 7) is 1.99. The monoisotopic (exact) mass is 293 g/mol. The van der Waals surface area contributed by atoms with E-state index in [0.29, 0.717) is 32.6 Å². The minimum atomic E-state index is -0.436. The molecule has 2 aliphatic rings. The van der Waals surface area contributed by atoms with Gasteiger partial charge in [-0.3, -0.25) is 9.48 Å². The third-order valence-corrected chi connectivity index (χ3v) is 4.57. The van der Waals surface area contributed by atoms with Crippen LogP contribution in [0.15, 0.2) is 12.4 Å². The average Bonchev–Trinajstić information content (AvgIpc) is 3.07. The first-order valence-corrected chi connectivity index (χ1v) is 7.69. The van der Waals surface area contributed by atoms with Crippen LogP contribution in [0.4, 0.5) is 0 Å². The quantitative estimate of drug-likeness (QED) is 0.873. The van der Waals surface area contributed by atoms with Gasteiger partial charge in [-0.1, -0.05) is 0 Å². The van der Waals surface area contributed by atoms with E-state index < -0.39 is 6.10 Å². The van der Waals surface area contributed by atoms with Gasteiger partial charge in [0.15, 0.2) is 0 Å². The Balaban J connectivity index is 1.69. The van der Waals surface area contributed by atoms with Crippen LogP contribution in [-0.4, -0.2) is 57.6 Å². The van der Waals surface area contributed by atoms with E-state index in [9.17, 15) is 9.90 Å². The number of hydrogen-bond donors (Lipinski definition) is 1. The fraction of sp³-hybridized carbons (Fsp3) is 0.733. The Hall–Kier alpha value is -1.40. The Morgan fingerprint density at radius 3 is 2.86 bits per heavy atom. The molecule has 6 heteroatoms. The van der Waals surface area contributed by atoms with Crippen LogP contribution in [-0.2, 0) is 23.0 Å². The Bertz CT molecular complexity index is 496. The highest BCUT2D eigenvalue weighted by Gasteiger charge is 2.38. The second-order valence-electron chi connectivity index (χ2n) is 6.07. The fourth-order valence-corrected chi connectivity index (χ4v) is 3.35. The lowest BCUT2D eigenvalue weighted by Gasteiger charge is -2.31. The molecule has 0 aliphatic carbocycles. The van der Waals surface area contributed by atoms with Crippen molar-refractivity contribution in [2.24, 2.45) is 13.0 Å². The number of rotatable bonds is 3. The second-order valence-corrected chi connectivity index (χ2v) is 6.07. The summed E-state index contributed by atoms with van der Waals surface area (Å²) in [7, 11) is 1.87. The van der Waals surface area contributed by atoms with E-state index in [4.69, 9.17) is 4.74 Å². The molecule has 0 aromatic carbocycles. The summed E-state index contributed by atoms with van der Waals surface area (Å²) >= 11 is 0. The number of carbonyl (C=O) groups is 1. The molecule has 1 aromatic heterocycles. The molecule has 2 fully saturated rings. The van der Waals surface area contributed by atoms with Crippen molar-refractivity contribution in [3.8, 4) is 0 Å². The van der Waals surface area contributed by atoms with Gasteiger partial charge >= 0.3 is 0 Å². The number of hydrogen-bond acceptors (Lipinski definition) is 4. The summed E-state index contributed by atoms with van der Waals surface area (Å²) in [5.74, 6) is 0.240. The van der Waals surface area contributed by atoms with Crippen molar-refractivity contribution < 1.29 is 14.6 Å². The first-order chi connectivity index (χ1) is 10.1. The minimum Gasteiger partial charge on any atom is -0.391 e. The van der Waals surface area contributed by atoms with Crippen molar-refractivity contribution in [3.05, 3.63) is 18.0 Å². The smallest absolute Gasteiger partial charge is 0.226 e. The van der Waals surface area contributed by atoms with E-state index in [1.165, 1.54) is 0 Å². The van der Waals surface area contributed by atoms with Gasteiger partial charge in [-0.05, 0) is 31.2 Å². The summed E-state index contributed by atoms with van der Waals surface area (Å²) in [5.41, 5.74) is 1.06. The van der Waals surface area contributed by atoms with E-state index in [2.05, 4.69) is 5.10 Å². The first-order valence-electron chi connectivity index (χ1n) is 7.69. The van der Waals surface area contributed by atoms with Crippen molar-refractivity contribution >= 4 is 5.91 Å². The molecule has 1 amide bonds. The number of aromatic nitrogens is 2. The van der Waals surface area contributed by atoms with Crippen molar-refractivity contribution in [2.45, 2.75) is 37.8 Å². The van der Waals surface area contributed by atoms with Crippen LogP contribution >= 0.6 is 0 Å². The molecule has 116 valence electrons. The predicted octanol–water partition coefficient (Wildman–Crippen LogP) is 0.351. The minimum absolute atomic E-state index is 0.0560. The largest absolute Gasteiger partial charge is 0.391 e. The summed E-state index contributed by atoms with van der Waals surface area (Å²) in [6, 6.07) is -0.121. The van der Waals surface area contributed by atoms with Crippen LogP contribution in [0.3, 0.4) is 0 Å². The number of likely N-dealkylation sites (tertiary alicyclic amines) is 1. The summed E-state index contributed by atoms with van der Waals surface area (Å²) in [5, 5.41) is 14.4. The average molecular weight is 293 g/mol. The molecule has 21 heavy (non-hydrogen) atoms. The molecular weight excluding hydrogens is 270 g/mol. The van der Waals surface area contributed by atoms with Crippen LogP contribution in [0.25, 0.3) is 0 Å². The van der Waals surface area contributed by atoms with Gasteiger partial charge in [-0.25, -0.2) is 0 Å². The number of amides is 1. The second kappa shape index (κ2) is 6.15. The zero-order chi connectivity index (χ0) is 14.8. The van der Waals surface area contributed by atoms with Crippen molar-refractivity contribution in [1.29, 1.82) is 0 Å². The van der Waals surface area contributed by atoms with Gasteiger partial charge < -0.3 is 14.7 Å². The van der Waals surface area contributed by atoms with E-state index in [-0.39, 0.29) is 17.9 Å². The van der Waals surface area contributed by atoms with Crippen LogP contribution in [0.1, 0.15) is 24.8 Å². The summed E-state index contributed by atoms with van der Waals surface area (Å²) in [4.78, 5) is 14.6. The molecule has 0 unspecified atom stereocenters. The summed E-state index contributed by atoms with van der Waals surface area (Å²) in [6.07, 6.45) is 6.25. The maximum atomic E-state index is 12.7. The maximum absolute atomic E-state index is 12.7. The molecule has 0 bridgehead atoms. The molecule has 2 saturated heterocycles. The molecule has 3 heterocycles. The van der Waals surface area contributed by atoms with Crippen molar-refractivity contribution in [1.82, 2.24) is 14.7 Å². The molecular formula is C15H23N3O3. The lowest BCUT2D eigenvalue weighted by atomic mass is 9.97. The van der Waals surface area contributed by atoms with Crippen molar-refractivity contribution in [2.75, 3.05) is 19.8 Å². The van der Waals surface area contributed by atoms with Crippen LogP contribution in [0.2, 0.25) is 0 Å². The van der Waals surface area contributed by atoms with Gasteiger partial charge in [0.2, 0.25) is 5.91 Å². The number of aryl methyl sites for hydroxylation is 1. The van der Waals surface area contributed by atoms with Gasteiger partial charge in [-0.2, -0.15) is 5.10 Å². The van der Waals surface area contributed by atoms with Gasteiger partial charge in [0.25, 0.3) is 0 Å². The first kappa shape index (κ1) is 14.5. The number of aliphatic hydroxyl groups excluding tert-OH is 1. The number of nitrogens with zero attached hydrogens (tertiary/aromatic N) is 3. The molecule has 0 spiro atoms. The molecule has 2 atom stereocenters. The summed E-state index contributed by atoms with van der Waals surface area (Å²) < 4.78 is 7.08. The number of carbonyl (C=O) groups excluding carboxylic acids is 1. The predicted molar refractivity (Wildman–Crippen MR) is 76.6 cm³/mol.